The minimum Gasteiger partial charge on any atom is -0.353 e. The third kappa shape index (κ3) is 4.27. The van der Waals surface area contributed by atoms with Crippen LogP contribution in [0.3, 0.4) is 0 Å². The highest BCUT2D eigenvalue weighted by molar-refractivity contribution is 5.79. The van der Waals surface area contributed by atoms with E-state index in [-0.39, 0.29) is 5.92 Å². The molecule has 0 saturated heterocycles. The third-order valence-electron chi connectivity index (χ3n) is 6.60. The molecule has 2 atom stereocenters. The van der Waals surface area contributed by atoms with Gasteiger partial charge in [0.2, 0.25) is 5.91 Å². The summed E-state index contributed by atoms with van der Waals surface area (Å²) in [6.07, 6.45) is 10.7. The highest BCUT2D eigenvalue weighted by atomic mass is 16.1. The van der Waals surface area contributed by atoms with Gasteiger partial charge in [0, 0.05) is 24.5 Å². The molecule has 132 valence electrons. The standard InChI is InChI=1S/C19H35N3O/c1-22(2)12-13-6-8-17(9-7-13)21-19(23)16-10-14-4-3-5-15(11-16)18(14)20/h13-18H,3-12,20H2,1-2H3,(H,21,23). The van der Waals surface area contributed by atoms with Gasteiger partial charge < -0.3 is 16.0 Å². The second-order valence-electron chi connectivity index (χ2n) is 8.69. The quantitative estimate of drug-likeness (QED) is 0.836. The molecule has 0 spiro atoms. The second-order valence-corrected chi connectivity index (χ2v) is 8.69. The number of rotatable bonds is 4. The first-order chi connectivity index (χ1) is 11.0. The highest BCUT2D eigenvalue weighted by Gasteiger charge is 2.40. The van der Waals surface area contributed by atoms with E-state index >= 15 is 0 Å². The molecule has 0 heterocycles. The molecule has 0 aromatic heterocycles. The minimum absolute atomic E-state index is 0.226. The van der Waals surface area contributed by atoms with Crippen LogP contribution in [0, 0.1) is 23.7 Å². The number of nitrogens with zero attached hydrogens (tertiary/aromatic N) is 1. The molecule has 0 radical (unpaired) electrons. The van der Waals surface area contributed by atoms with Gasteiger partial charge in [-0.3, -0.25) is 4.79 Å². The lowest BCUT2D eigenvalue weighted by molar-refractivity contribution is -0.128. The van der Waals surface area contributed by atoms with E-state index in [9.17, 15) is 4.79 Å². The Labute approximate surface area is 141 Å². The summed E-state index contributed by atoms with van der Waals surface area (Å²) in [5.74, 6) is 2.54. The van der Waals surface area contributed by atoms with Crippen molar-refractivity contribution in [3.05, 3.63) is 0 Å². The number of nitrogens with two attached hydrogens (primary N) is 1. The van der Waals surface area contributed by atoms with E-state index in [0.717, 1.165) is 31.6 Å². The lowest BCUT2D eigenvalue weighted by Gasteiger charge is -2.44. The Kier molecular flexibility index (Phi) is 5.63. The Morgan fingerprint density at radius 3 is 2.22 bits per heavy atom. The van der Waals surface area contributed by atoms with Gasteiger partial charge in [-0.2, -0.15) is 0 Å². The number of hydrogen-bond acceptors (Lipinski definition) is 3. The lowest BCUT2D eigenvalue weighted by atomic mass is 9.65. The van der Waals surface area contributed by atoms with Crippen LogP contribution in [0.4, 0.5) is 0 Å². The van der Waals surface area contributed by atoms with Crippen LogP contribution in [0.15, 0.2) is 0 Å². The van der Waals surface area contributed by atoms with Crippen molar-refractivity contribution in [3.8, 4) is 0 Å². The smallest absolute Gasteiger partial charge is 0.223 e. The molecule has 2 unspecified atom stereocenters. The van der Waals surface area contributed by atoms with E-state index in [1.54, 1.807) is 0 Å². The topological polar surface area (TPSA) is 58.4 Å². The molecule has 3 fully saturated rings. The predicted octanol–water partition coefficient (Wildman–Crippen LogP) is 2.38. The summed E-state index contributed by atoms with van der Waals surface area (Å²) in [6.45, 7) is 1.19. The highest BCUT2D eigenvalue weighted by Crippen LogP contribution is 2.42. The van der Waals surface area contributed by atoms with Crippen molar-refractivity contribution in [1.82, 2.24) is 10.2 Å². The summed E-state index contributed by atoms with van der Waals surface area (Å²) in [4.78, 5) is 15.0. The second kappa shape index (κ2) is 7.52. The van der Waals surface area contributed by atoms with Crippen LogP contribution in [-0.4, -0.2) is 43.5 Å². The number of amides is 1. The summed E-state index contributed by atoms with van der Waals surface area (Å²) in [7, 11) is 4.30. The summed E-state index contributed by atoms with van der Waals surface area (Å²) in [5.41, 5.74) is 6.35. The minimum atomic E-state index is 0.226. The van der Waals surface area contributed by atoms with E-state index in [4.69, 9.17) is 5.73 Å². The van der Waals surface area contributed by atoms with E-state index in [2.05, 4.69) is 24.3 Å². The van der Waals surface area contributed by atoms with E-state index in [1.165, 1.54) is 38.6 Å². The molecule has 3 N–H and O–H groups in total. The van der Waals surface area contributed by atoms with Gasteiger partial charge in [0.15, 0.2) is 0 Å². The molecule has 4 heteroatoms. The average Bonchev–Trinajstić information content (AvgIpc) is 2.48. The molecular formula is C19H35N3O. The Hall–Kier alpha value is -0.610. The molecule has 23 heavy (non-hydrogen) atoms. The Bertz CT molecular complexity index is 389. The molecule has 1 amide bonds. The number of fused-ring (bicyclic) bond motifs is 2. The molecule has 3 saturated carbocycles. The lowest BCUT2D eigenvalue weighted by Crippen LogP contribution is -2.50. The third-order valence-corrected chi connectivity index (χ3v) is 6.60. The zero-order valence-corrected chi connectivity index (χ0v) is 15.0. The van der Waals surface area contributed by atoms with Crippen LogP contribution in [-0.2, 0) is 4.79 Å². The fourth-order valence-electron chi connectivity index (χ4n) is 5.33. The largest absolute Gasteiger partial charge is 0.353 e. The van der Waals surface area contributed by atoms with Crippen LogP contribution >= 0.6 is 0 Å². The maximum absolute atomic E-state index is 12.7. The average molecular weight is 322 g/mol. The summed E-state index contributed by atoms with van der Waals surface area (Å²) < 4.78 is 0. The van der Waals surface area contributed by atoms with Gasteiger partial charge in [0.05, 0.1) is 0 Å². The number of carbonyl (C=O) groups is 1. The SMILES string of the molecule is CN(C)CC1CCC(NC(=O)C2CC3CCCC(C2)C3N)CC1. The van der Waals surface area contributed by atoms with Crippen LogP contribution in [0.5, 0.6) is 0 Å². The maximum atomic E-state index is 12.7. The first-order valence-electron chi connectivity index (χ1n) is 9.73. The predicted molar refractivity (Wildman–Crippen MR) is 94.0 cm³/mol. The zero-order valence-electron chi connectivity index (χ0n) is 15.0. The van der Waals surface area contributed by atoms with E-state index < -0.39 is 0 Å². The molecule has 0 aromatic rings. The van der Waals surface area contributed by atoms with Crippen molar-refractivity contribution in [2.24, 2.45) is 29.4 Å². The van der Waals surface area contributed by atoms with Gasteiger partial charge in [0.1, 0.15) is 0 Å². The summed E-state index contributed by atoms with van der Waals surface area (Å²) >= 11 is 0. The Morgan fingerprint density at radius 2 is 1.65 bits per heavy atom. The van der Waals surface area contributed by atoms with Gasteiger partial charge in [0.25, 0.3) is 0 Å². The van der Waals surface area contributed by atoms with Gasteiger partial charge >= 0.3 is 0 Å². The number of nitrogens with one attached hydrogen (secondary N) is 1. The van der Waals surface area contributed by atoms with E-state index in [0.29, 0.717) is 29.8 Å². The number of carbonyl (C=O) groups excluding carboxylic acids is 1. The van der Waals surface area contributed by atoms with E-state index in [1.807, 2.05) is 0 Å². The van der Waals surface area contributed by atoms with Crippen molar-refractivity contribution in [1.29, 1.82) is 0 Å². The Balaban J connectivity index is 1.45. The van der Waals surface area contributed by atoms with Crippen molar-refractivity contribution in [2.45, 2.75) is 69.9 Å². The fourth-order valence-corrected chi connectivity index (χ4v) is 5.33. The van der Waals surface area contributed by atoms with Crippen LogP contribution in [0.2, 0.25) is 0 Å². The molecule has 2 bridgehead atoms. The van der Waals surface area contributed by atoms with Crippen molar-refractivity contribution in [3.63, 3.8) is 0 Å². The number of hydrogen-bond donors (Lipinski definition) is 2. The van der Waals surface area contributed by atoms with Crippen LogP contribution in [0.25, 0.3) is 0 Å². The normalized spacial score (nSPS) is 40.9. The molecule has 3 aliphatic rings. The van der Waals surface area contributed by atoms with Crippen molar-refractivity contribution in [2.75, 3.05) is 20.6 Å². The molecule has 3 rings (SSSR count). The first kappa shape index (κ1) is 17.2. The zero-order chi connectivity index (χ0) is 16.4. The molecular weight excluding hydrogens is 286 g/mol. The van der Waals surface area contributed by atoms with Gasteiger partial charge in [-0.25, -0.2) is 0 Å². The monoisotopic (exact) mass is 321 g/mol. The van der Waals surface area contributed by atoms with Crippen molar-refractivity contribution >= 4 is 5.91 Å². The van der Waals surface area contributed by atoms with Gasteiger partial charge in [-0.15, -0.1) is 0 Å². The van der Waals surface area contributed by atoms with Gasteiger partial charge in [-0.1, -0.05) is 6.42 Å². The first-order valence-corrected chi connectivity index (χ1v) is 9.73. The van der Waals surface area contributed by atoms with Crippen molar-refractivity contribution < 1.29 is 4.79 Å². The van der Waals surface area contributed by atoms with Gasteiger partial charge in [-0.05, 0) is 83.2 Å². The van der Waals surface area contributed by atoms with Crippen LogP contribution < -0.4 is 11.1 Å². The maximum Gasteiger partial charge on any atom is 0.223 e. The van der Waals surface area contributed by atoms with Crippen LogP contribution in [0.1, 0.15) is 57.8 Å². The molecule has 0 aliphatic heterocycles. The fraction of sp³-hybridized carbons (Fsp3) is 0.947. The Morgan fingerprint density at radius 1 is 1.04 bits per heavy atom. The summed E-state index contributed by atoms with van der Waals surface area (Å²) in [5, 5.41) is 3.37. The molecule has 3 aliphatic carbocycles. The molecule has 4 nitrogen and oxygen atoms in total. The summed E-state index contributed by atoms with van der Waals surface area (Å²) in [6, 6.07) is 0.769. The molecule has 0 aromatic carbocycles.